The summed E-state index contributed by atoms with van der Waals surface area (Å²) in [4.78, 5) is 11.6. The first-order valence-electron chi connectivity index (χ1n) is 6.18. The van der Waals surface area contributed by atoms with Gasteiger partial charge in [-0.25, -0.2) is 9.97 Å². The molecule has 2 rings (SSSR count). The highest BCUT2D eigenvalue weighted by atomic mass is 15.2. The second-order valence-electron chi connectivity index (χ2n) is 5.87. The number of anilines is 1. The Kier molecular flexibility index (Phi) is 3.08. The van der Waals surface area contributed by atoms with Crippen molar-refractivity contribution >= 4 is 5.82 Å². The number of hydrogen-bond donors (Lipinski definition) is 1. The fourth-order valence-corrected chi connectivity index (χ4v) is 2.03. The Morgan fingerprint density at radius 1 is 1.18 bits per heavy atom. The molecule has 0 amide bonds. The van der Waals surface area contributed by atoms with Gasteiger partial charge in [-0.15, -0.1) is 0 Å². The molecule has 1 aromatic heterocycles. The number of fused-ring (bicyclic) bond motifs is 1. The molecular formula is C13H22N4. The van der Waals surface area contributed by atoms with Gasteiger partial charge in [-0.1, -0.05) is 20.8 Å². The van der Waals surface area contributed by atoms with Gasteiger partial charge in [-0.2, -0.15) is 0 Å². The Bertz CT molecular complexity index is 418. The highest BCUT2D eigenvalue weighted by molar-refractivity contribution is 5.49. The summed E-state index contributed by atoms with van der Waals surface area (Å²) in [7, 11) is 4.09. The molecule has 1 aromatic rings. The molecule has 0 fully saturated rings. The molecule has 0 atom stereocenters. The van der Waals surface area contributed by atoms with Crippen molar-refractivity contribution in [2.45, 2.75) is 39.2 Å². The third kappa shape index (κ3) is 2.41. The lowest BCUT2D eigenvalue weighted by atomic mass is 9.94. The van der Waals surface area contributed by atoms with Crippen molar-refractivity contribution in [3.63, 3.8) is 0 Å². The first kappa shape index (κ1) is 12.3. The summed E-state index contributed by atoms with van der Waals surface area (Å²) in [5.74, 6) is 2.01. The van der Waals surface area contributed by atoms with Crippen LogP contribution in [0.2, 0.25) is 0 Å². The topological polar surface area (TPSA) is 41.1 Å². The number of nitrogens with one attached hydrogen (secondary N) is 1. The minimum Gasteiger partial charge on any atom is -0.362 e. The van der Waals surface area contributed by atoms with Crippen molar-refractivity contribution in [1.29, 1.82) is 0 Å². The van der Waals surface area contributed by atoms with E-state index < -0.39 is 0 Å². The summed E-state index contributed by atoms with van der Waals surface area (Å²) in [5, 5.41) is 3.39. The largest absolute Gasteiger partial charge is 0.362 e. The number of rotatable bonds is 1. The zero-order valence-electron chi connectivity index (χ0n) is 11.5. The molecule has 0 saturated carbocycles. The summed E-state index contributed by atoms with van der Waals surface area (Å²) >= 11 is 0. The highest BCUT2D eigenvalue weighted by Crippen LogP contribution is 2.26. The Morgan fingerprint density at radius 2 is 1.88 bits per heavy atom. The van der Waals surface area contributed by atoms with Crippen LogP contribution in [0.5, 0.6) is 0 Å². The van der Waals surface area contributed by atoms with Gasteiger partial charge in [-0.3, -0.25) is 0 Å². The molecule has 1 aliphatic rings. The number of nitrogens with zero attached hydrogens (tertiary/aromatic N) is 3. The molecule has 0 unspecified atom stereocenters. The first-order valence-corrected chi connectivity index (χ1v) is 6.18. The van der Waals surface area contributed by atoms with E-state index in [-0.39, 0.29) is 5.41 Å². The molecule has 1 N–H and O–H groups in total. The highest BCUT2D eigenvalue weighted by Gasteiger charge is 2.24. The molecule has 4 heteroatoms. The molecule has 94 valence electrons. The predicted molar refractivity (Wildman–Crippen MR) is 70.5 cm³/mol. The third-order valence-corrected chi connectivity index (χ3v) is 3.01. The van der Waals surface area contributed by atoms with Crippen LogP contribution in [0.1, 0.15) is 37.9 Å². The van der Waals surface area contributed by atoms with Crippen molar-refractivity contribution in [3.05, 3.63) is 17.1 Å². The van der Waals surface area contributed by atoms with Crippen molar-refractivity contribution in [3.8, 4) is 0 Å². The lowest BCUT2D eigenvalue weighted by Crippen LogP contribution is -2.30. The molecule has 0 aliphatic carbocycles. The Morgan fingerprint density at radius 3 is 2.47 bits per heavy atom. The van der Waals surface area contributed by atoms with Gasteiger partial charge in [0.2, 0.25) is 0 Å². The minimum absolute atomic E-state index is 0.00463. The van der Waals surface area contributed by atoms with Crippen molar-refractivity contribution in [2.75, 3.05) is 25.5 Å². The van der Waals surface area contributed by atoms with E-state index in [1.54, 1.807) is 0 Å². The maximum atomic E-state index is 4.75. The zero-order chi connectivity index (χ0) is 12.6. The van der Waals surface area contributed by atoms with Crippen LogP contribution in [0.3, 0.4) is 0 Å². The van der Waals surface area contributed by atoms with E-state index in [0.29, 0.717) is 0 Å². The zero-order valence-corrected chi connectivity index (χ0v) is 11.5. The van der Waals surface area contributed by atoms with Gasteiger partial charge >= 0.3 is 0 Å². The fourth-order valence-electron chi connectivity index (χ4n) is 2.03. The number of hydrogen-bond acceptors (Lipinski definition) is 4. The first-order chi connectivity index (χ1) is 7.89. The molecule has 0 bridgehead atoms. The SMILES string of the molecule is CN(C)c1nc(C(C)(C)C)nc2c1CNCC2. The van der Waals surface area contributed by atoms with Crippen LogP contribution in [0.15, 0.2) is 0 Å². The average molecular weight is 234 g/mol. The smallest absolute Gasteiger partial charge is 0.136 e. The molecule has 0 aromatic carbocycles. The van der Waals surface area contributed by atoms with E-state index >= 15 is 0 Å². The standard InChI is InChI=1S/C13H22N4/c1-13(2,3)12-15-10-6-7-14-8-9(10)11(16-12)17(4)5/h14H,6-8H2,1-5H3. The molecule has 2 heterocycles. The summed E-state index contributed by atoms with van der Waals surface area (Å²) in [6.07, 6.45) is 1.00. The van der Waals surface area contributed by atoms with Gasteiger partial charge in [-0.05, 0) is 0 Å². The van der Waals surface area contributed by atoms with Crippen LogP contribution >= 0.6 is 0 Å². The monoisotopic (exact) mass is 234 g/mol. The third-order valence-electron chi connectivity index (χ3n) is 3.01. The van der Waals surface area contributed by atoms with Crippen LogP contribution in [0.4, 0.5) is 5.82 Å². The van der Waals surface area contributed by atoms with E-state index in [2.05, 4.69) is 31.0 Å². The lowest BCUT2D eigenvalue weighted by molar-refractivity contribution is 0.529. The van der Waals surface area contributed by atoms with E-state index in [9.17, 15) is 0 Å². The molecule has 4 nitrogen and oxygen atoms in total. The van der Waals surface area contributed by atoms with Gasteiger partial charge in [0.25, 0.3) is 0 Å². The summed E-state index contributed by atoms with van der Waals surface area (Å²) in [5.41, 5.74) is 2.48. The molecule has 0 radical (unpaired) electrons. The minimum atomic E-state index is 0.00463. The fraction of sp³-hybridized carbons (Fsp3) is 0.692. The van der Waals surface area contributed by atoms with E-state index in [1.807, 2.05) is 14.1 Å². The van der Waals surface area contributed by atoms with Crippen molar-refractivity contribution in [1.82, 2.24) is 15.3 Å². The maximum absolute atomic E-state index is 4.75. The van der Waals surface area contributed by atoms with Crippen LogP contribution < -0.4 is 10.2 Å². The Balaban J connectivity index is 2.56. The number of aromatic nitrogens is 2. The van der Waals surface area contributed by atoms with Crippen LogP contribution in [0, 0.1) is 0 Å². The Hall–Kier alpha value is -1.16. The predicted octanol–water partition coefficient (Wildman–Crippen LogP) is 1.49. The van der Waals surface area contributed by atoms with E-state index in [4.69, 9.17) is 9.97 Å². The van der Waals surface area contributed by atoms with E-state index in [0.717, 1.165) is 31.2 Å². The quantitative estimate of drug-likeness (QED) is 0.799. The van der Waals surface area contributed by atoms with Crippen molar-refractivity contribution in [2.24, 2.45) is 0 Å². The maximum Gasteiger partial charge on any atom is 0.136 e. The van der Waals surface area contributed by atoms with Gasteiger partial charge in [0, 0.05) is 44.6 Å². The second kappa shape index (κ2) is 4.26. The summed E-state index contributed by atoms with van der Waals surface area (Å²) in [6.45, 7) is 8.38. The van der Waals surface area contributed by atoms with Gasteiger partial charge < -0.3 is 10.2 Å². The normalized spacial score (nSPS) is 15.6. The summed E-state index contributed by atoms with van der Waals surface area (Å²) < 4.78 is 0. The average Bonchev–Trinajstić information content (AvgIpc) is 2.26. The van der Waals surface area contributed by atoms with Gasteiger partial charge in [0.05, 0.1) is 5.69 Å². The van der Waals surface area contributed by atoms with Crippen LogP contribution in [-0.2, 0) is 18.4 Å². The van der Waals surface area contributed by atoms with Crippen LogP contribution in [-0.4, -0.2) is 30.6 Å². The second-order valence-corrected chi connectivity index (χ2v) is 5.87. The Labute approximate surface area is 103 Å². The summed E-state index contributed by atoms with van der Waals surface area (Å²) in [6, 6.07) is 0. The van der Waals surface area contributed by atoms with Gasteiger partial charge in [0.1, 0.15) is 11.6 Å². The molecule has 0 spiro atoms. The van der Waals surface area contributed by atoms with Crippen LogP contribution in [0.25, 0.3) is 0 Å². The molecule has 17 heavy (non-hydrogen) atoms. The molecule has 1 aliphatic heterocycles. The molecule has 0 saturated heterocycles. The van der Waals surface area contributed by atoms with Crippen molar-refractivity contribution < 1.29 is 0 Å². The van der Waals surface area contributed by atoms with E-state index in [1.165, 1.54) is 11.3 Å². The lowest BCUT2D eigenvalue weighted by Gasteiger charge is -2.26. The van der Waals surface area contributed by atoms with Gasteiger partial charge in [0.15, 0.2) is 0 Å². The molecular weight excluding hydrogens is 212 g/mol.